The van der Waals surface area contributed by atoms with Gasteiger partial charge in [-0.3, -0.25) is 0 Å². The second-order valence-electron chi connectivity index (χ2n) is 0.753. The van der Waals surface area contributed by atoms with Crippen LogP contribution < -0.4 is 29.6 Å². The molecule has 0 atom stereocenters. The fraction of sp³-hybridized carbons (Fsp3) is 1.00. The van der Waals surface area contributed by atoms with Crippen LogP contribution in [-0.4, -0.2) is 19.7 Å². The van der Waals surface area contributed by atoms with Crippen molar-refractivity contribution >= 4 is 55.3 Å². The first-order valence-corrected chi connectivity index (χ1v) is 5.13. The largest absolute Gasteiger partial charge is 1.00 e. The molecule has 10 heavy (non-hydrogen) atoms. The van der Waals surface area contributed by atoms with Crippen LogP contribution in [0.5, 0.6) is 0 Å². The Hall–Kier alpha value is 3.27. The minimum atomic E-state index is -4.02. The van der Waals surface area contributed by atoms with Crippen LogP contribution in [0.4, 0.5) is 0 Å². The summed E-state index contributed by atoms with van der Waals surface area (Å²) in [4.78, 5) is 0. The number of hydrogen-bond donors (Lipinski definition) is 0. The van der Waals surface area contributed by atoms with Crippen molar-refractivity contribution in [2.75, 3.05) is 0 Å². The molecular formula is CH3HgI2NaO4S. The van der Waals surface area contributed by atoms with Gasteiger partial charge in [0.05, 0.1) is 0 Å². The molecule has 0 fully saturated rings. The normalized spacial score (nSPS) is 8.80. The standard InChI is InChI=1S/CH2I2O3S.Hg.Na.H2O/c2-1(3)7(4,5)6;;;/h1H,(H,4,5,6);;;1H2/q;;+1;/p-1. The van der Waals surface area contributed by atoms with Gasteiger partial charge >= 0.3 is 29.6 Å². The van der Waals surface area contributed by atoms with Crippen molar-refractivity contribution in [3.63, 3.8) is 0 Å². The zero-order valence-electron chi connectivity index (χ0n) is 5.17. The van der Waals surface area contributed by atoms with Crippen LogP contribution >= 0.6 is 45.2 Å². The SMILES string of the molecule is O.O=S(=O)([O-])C(I)I.[Hg].[Na+]. The molecule has 0 aromatic heterocycles. The summed E-state index contributed by atoms with van der Waals surface area (Å²) in [5.74, 6) is 0. The van der Waals surface area contributed by atoms with Crippen molar-refractivity contribution in [3.05, 3.63) is 0 Å². The zero-order chi connectivity index (χ0) is 6.08. The smallest absolute Gasteiger partial charge is 0.747 e. The third kappa shape index (κ3) is 13.8. The summed E-state index contributed by atoms with van der Waals surface area (Å²) in [7, 11) is -4.02. The summed E-state index contributed by atoms with van der Waals surface area (Å²) in [5, 5.41) is 0. The van der Waals surface area contributed by atoms with E-state index in [1.165, 1.54) is 45.2 Å². The van der Waals surface area contributed by atoms with Gasteiger partial charge in [0, 0.05) is 27.7 Å². The van der Waals surface area contributed by atoms with E-state index in [9.17, 15) is 13.0 Å². The molecule has 0 amide bonds. The summed E-state index contributed by atoms with van der Waals surface area (Å²) >= 11 is 3.07. The fourth-order valence-electron chi connectivity index (χ4n) is 0. The van der Waals surface area contributed by atoms with Gasteiger partial charge in [0.25, 0.3) is 0 Å². The predicted molar refractivity (Wildman–Crippen MR) is 45.1 cm³/mol. The molecule has 0 rings (SSSR count). The van der Waals surface area contributed by atoms with E-state index in [-0.39, 0.29) is 62.7 Å². The Morgan fingerprint density at radius 1 is 1.30 bits per heavy atom. The Balaban J connectivity index is -0.0000000600. The molecule has 0 bridgehead atoms. The van der Waals surface area contributed by atoms with Crippen LogP contribution in [0.2, 0.25) is 0 Å². The summed E-state index contributed by atoms with van der Waals surface area (Å²) in [6.07, 6.45) is 0. The number of halogens is 2. The predicted octanol–water partition coefficient (Wildman–Crippen LogP) is -3.14. The van der Waals surface area contributed by atoms with E-state index in [0.29, 0.717) is 0 Å². The molecule has 0 aromatic carbocycles. The number of alkyl halides is 2. The van der Waals surface area contributed by atoms with Crippen molar-refractivity contribution in [2.45, 2.75) is 1.26 Å². The van der Waals surface area contributed by atoms with Crippen LogP contribution in [0.15, 0.2) is 0 Å². The van der Waals surface area contributed by atoms with Crippen molar-refractivity contribution in [3.8, 4) is 0 Å². The quantitative estimate of drug-likeness (QED) is 0.141. The third-order valence-corrected chi connectivity index (χ3v) is 4.39. The van der Waals surface area contributed by atoms with Crippen molar-refractivity contribution in [1.29, 1.82) is 0 Å². The molecule has 2 N–H and O–H groups in total. The molecule has 0 aliphatic rings. The van der Waals surface area contributed by atoms with Gasteiger partial charge in [-0.2, -0.15) is 0 Å². The van der Waals surface area contributed by atoms with E-state index in [4.69, 9.17) is 0 Å². The van der Waals surface area contributed by atoms with Gasteiger partial charge in [-0.25, -0.2) is 8.42 Å². The Bertz CT molecular complexity index is 145. The molecule has 54 valence electrons. The minimum Gasteiger partial charge on any atom is -0.747 e. The van der Waals surface area contributed by atoms with Gasteiger partial charge < -0.3 is 10.0 Å². The van der Waals surface area contributed by atoms with Gasteiger partial charge in [-0.05, 0) is 0 Å². The summed E-state index contributed by atoms with van der Waals surface area (Å²) < 4.78 is 28.4. The van der Waals surface area contributed by atoms with Gasteiger partial charge in [-0.15, -0.1) is 0 Å². The molecule has 0 heterocycles. The van der Waals surface area contributed by atoms with Crippen molar-refractivity contribution < 1.29 is 75.7 Å². The van der Waals surface area contributed by atoms with E-state index in [1.54, 1.807) is 0 Å². The Kier molecular flexibility index (Phi) is 24.1. The average Bonchev–Trinajstić information content (AvgIpc) is 1.31. The molecule has 0 saturated carbocycles. The Morgan fingerprint density at radius 2 is 1.40 bits per heavy atom. The maximum Gasteiger partial charge on any atom is 1.00 e. The van der Waals surface area contributed by atoms with Crippen LogP contribution in [0.25, 0.3) is 0 Å². The molecular weight excluding hydrogens is 585 g/mol. The van der Waals surface area contributed by atoms with Crippen LogP contribution in [-0.2, 0) is 37.8 Å². The van der Waals surface area contributed by atoms with E-state index < -0.39 is 11.4 Å². The summed E-state index contributed by atoms with van der Waals surface area (Å²) in [6, 6.07) is 0. The van der Waals surface area contributed by atoms with E-state index in [2.05, 4.69) is 0 Å². The molecule has 4 nitrogen and oxygen atoms in total. The zero-order valence-corrected chi connectivity index (χ0v) is 17.8. The van der Waals surface area contributed by atoms with Gasteiger partial charge in [0.2, 0.25) is 0 Å². The van der Waals surface area contributed by atoms with Crippen LogP contribution in [0.3, 0.4) is 0 Å². The molecule has 0 radical (unpaired) electrons. The number of rotatable bonds is 1. The van der Waals surface area contributed by atoms with Crippen LogP contribution in [0.1, 0.15) is 0 Å². The summed E-state index contributed by atoms with van der Waals surface area (Å²) in [5.41, 5.74) is 0. The van der Waals surface area contributed by atoms with E-state index in [0.717, 1.165) is 0 Å². The molecule has 0 saturated heterocycles. The molecule has 0 aliphatic heterocycles. The Morgan fingerprint density at radius 3 is 1.40 bits per heavy atom. The average molecular weight is 588 g/mol. The first kappa shape index (κ1) is 23.2. The topological polar surface area (TPSA) is 88.7 Å². The Labute approximate surface area is 129 Å². The first-order chi connectivity index (χ1) is 2.94. The maximum atomic E-state index is 9.76. The monoisotopic (exact) mass is 590 g/mol. The van der Waals surface area contributed by atoms with Gasteiger partial charge in [0.15, 0.2) is 1.26 Å². The van der Waals surface area contributed by atoms with Gasteiger partial charge in [0.1, 0.15) is 10.1 Å². The van der Waals surface area contributed by atoms with Crippen molar-refractivity contribution in [1.82, 2.24) is 0 Å². The molecule has 0 aromatic rings. The second-order valence-corrected chi connectivity index (χ2v) is 8.78. The molecule has 0 unspecified atom stereocenters. The second kappa shape index (κ2) is 10.3. The molecule has 0 spiro atoms. The van der Waals surface area contributed by atoms with Gasteiger partial charge in [-0.1, -0.05) is 45.2 Å². The van der Waals surface area contributed by atoms with Crippen LogP contribution in [0, 0.1) is 0 Å². The minimum absolute atomic E-state index is 0. The fourth-order valence-corrected chi connectivity index (χ4v) is 0. The maximum absolute atomic E-state index is 9.76. The summed E-state index contributed by atoms with van der Waals surface area (Å²) in [6.45, 7) is 0. The first-order valence-electron chi connectivity index (χ1n) is 1.17. The van der Waals surface area contributed by atoms with Crippen molar-refractivity contribution in [2.24, 2.45) is 0 Å². The molecule has 0 aliphatic carbocycles. The van der Waals surface area contributed by atoms with E-state index >= 15 is 0 Å². The number of hydrogen-bond acceptors (Lipinski definition) is 3. The van der Waals surface area contributed by atoms with E-state index in [1.807, 2.05) is 0 Å². The third-order valence-electron chi connectivity index (χ3n) is 0.218. The molecule has 9 heteroatoms.